The number of carbonyl (C=O) groups excluding carboxylic acids is 1. The van der Waals surface area contributed by atoms with Crippen molar-refractivity contribution in [2.45, 2.75) is 45.8 Å². The van der Waals surface area contributed by atoms with Crippen molar-refractivity contribution in [2.75, 3.05) is 13.1 Å². The van der Waals surface area contributed by atoms with Crippen molar-refractivity contribution in [1.82, 2.24) is 4.90 Å². The Hall–Kier alpha value is -0.770. The van der Waals surface area contributed by atoms with Crippen LogP contribution >= 0.6 is 0 Å². The van der Waals surface area contributed by atoms with E-state index < -0.39 is 0 Å². The molecule has 0 aromatic rings. The second-order valence-electron chi connectivity index (χ2n) is 4.64. The van der Waals surface area contributed by atoms with E-state index in [2.05, 4.69) is 0 Å². The Kier molecular flexibility index (Phi) is 4.39. The molecule has 15 heavy (non-hydrogen) atoms. The fourth-order valence-electron chi connectivity index (χ4n) is 1.88. The molecule has 0 spiro atoms. The Bertz CT molecular complexity index is 217. The first-order valence-corrected chi connectivity index (χ1v) is 5.72. The molecule has 1 rings (SSSR count). The Morgan fingerprint density at radius 1 is 1.47 bits per heavy atom. The van der Waals surface area contributed by atoms with E-state index in [0.717, 1.165) is 25.9 Å². The zero-order valence-corrected chi connectivity index (χ0v) is 9.90. The highest BCUT2D eigenvalue weighted by Crippen LogP contribution is 2.19. The number of nitrogens with two attached hydrogens (primary N) is 1. The number of amides is 1. The molecule has 88 valence electrons. The topological polar surface area (TPSA) is 55.6 Å². The van der Waals surface area contributed by atoms with E-state index in [1.807, 2.05) is 20.8 Å². The third kappa shape index (κ3) is 3.70. The molecule has 0 radical (unpaired) electrons. The van der Waals surface area contributed by atoms with Gasteiger partial charge in [-0.2, -0.15) is 0 Å². The summed E-state index contributed by atoms with van der Waals surface area (Å²) >= 11 is 0. The summed E-state index contributed by atoms with van der Waals surface area (Å²) in [6.07, 6.45) is 1.89. The lowest BCUT2D eigenvalue weighted by molar-refractivity contribution is 0.0606. The summed E-state index contributed by atoms with van der Waals surface area (Å²) in [5, 5.41) is 0. The Morgan fingerprint density at radius 3 is 2.67 bits per heavy atom. The van der Waals surface area contributed by atoms with E-state index >= 15 is 0 Å². The second-order valence-corrected chi connectivity index (χ2v) is 4.64. The molecule has 2 atom stereocenters. The lowest BCUT2D eigenvalue weighted by atomic mass is 9.92. The van der Waals surface area contributed by atoms with Gasteiger partial charge < -0.3 is 15.4 Å². The highest BCUT2D eigenvalue weighted by Gasteiger charge is 2.26. The summed E-state index contributed by atoms with van der Waals surface area (Å²) in [5.74, 6) is 0.415. The fraction of sp³-hybridized carbons (Fsp3) is 0.909. The summed E-state index contributed by atoms with van der Waals surface area (Å²) in [6, 6.07) is 0.152. The van der Waals surface area contributed by atoms with Gasteiger partial charge >= 0.3 is 6.09 Å². The number of piperidine rings is 1. The largest absolute Gasteiger partial charge is 0.447 e. The standard InChI is InChI=1S/C11H22N2O2/c1-8(2)15-11(14)13-6-4-5-10(7-13)9(3)12/h8-10H,4-7,12H2,1-3H3. The molecule has 1 fully saturated rings. The van der Waals surface area contributed by atoms with E-state index in [1.165, 1.54) is 0 Å². The number of rotatable bonds is 2. The fourth-order valence-corrected chi connectivity index (χ4v) is 1.88. The van der Waals surface area contributed by atoms with Crippen molar-refractivity contribution < 1.29 is 9.53 Å². The molecule has 1 heterocycles. The van der Waals surface area contributed by atoms with Crippen LogP contribution in [0.25, 0.3) is 0 Å². The monoisotopic (exact) mass is 214 g/mol. The average molecular weight is 214 g/mol. The molecule has 1 aliphatic rings. The Labute approximate surface area is 91.8 Å². The maximum absolute atomic E-state index is 11.6. The third-order valence-electron chi connectivity index (χ3n) is 2.80. The van der Waals surface area contributed by atoms with E-state index in [4.69, 9.17) is 10.5 Å². The minimum Gasteiger partial charge on any atom is -0.447 e. The van der Waals surface area contributed by atoms with Gasteiger partial charge in [0.25, 0.3) is 0 Å². The smallest absolute Gasteiger partial charge is 0.410 e. The lowest BCUT2D eigenvalue weighted by Gasteiger charge is -2.34. The molecule has 0 aromatic carbocycles. The van der Waals surface area contributed by atoms with Crippen LogP contribution in [-0.2, 0) is 4.74 Å². The number of nitrogens with zero attached hydrogens (tertiary/aromatic N) is 1. The normalized spacial score (nSPS) is 24.1. The highest BCUT2D eigenvalue weighted by molar-refractivity contribution is 5.67. The Morgan fingerprint density at radius 2 is 2.13 bits per heavy atom. The quantitative estimate of drug-likeness (QED) is 0.759. The van der Waals surface area contributed by atoms with Gasteiger partial charge in [-0.1, -0.05) is 0 Å². The minimum atomic E-state index is -0.199. The molecule has 2 unspecified atom stereocenters. The zero-order valence-electron chi connectivity index (χ0n) is 9.90. The van der Waals surface area contributed by atoms with Crippen LogP contribution in [0.1, 0.15) is 33.6 Å². The van der Waals surface area contributed by atoms with Gasteiger partial charge in [0.2, 0.25) is 0 Å². The van der Waals surface area contributed by atoms with Crippen LogP contribution in [0.2, 0.25) is 0 Å². The summed E-state index contributed by atoms with van der Waals surface area (Å²) in [4.78, 5) is 13.4. The molecule has 0 bridgehead atoms. The molecule has 1 saturated heterocycles. The van der Waals surface area contributed by atoms with Crippen LogP contribution < -0.4 is 5.73 Å². The highest BCUT2D eigenvalue weighted by atomic mass is 16.6. The molecule has 2 N–H and O–H groups in total. The number of likely N-dealkylation sites (tertiary alicyclic amines) is 1. The number of hydrogen-bond acceptors (Lipinski definition) is 3. The predicted octanol–water partition coefficient (Wildman–Crippen LogP) is 1.59. The van der Waals surface area contributed by atoms with E-state index in [9.17, 15) is 4.79 Å². The molecule has 0 aliphatic carbocycles. The number of hydrogen-bond donors (Lipinski definition) is 1. The van der Waals surface area contributed by atoms with Gasteiger partial charge in [-0.25, -0.2) is 4.79 Å². The minimum absolute atomic E-state index is 0.0480. The van der Waals surface area contributed by atoms with Crippen molar-refractivity contribution in [2.24, 2.45) is 11.7 Å². The molecule has 4 heteroatoms. The first kappa shape index (κ1) is 12.3. The van der Waals surface area contributed by atoms with Crippen LogP contribution in [-0.4, -0.2) is 36.2 Å². The van der Waals surface area contributed by atoms with Gasteiger partial charge in [0.05, 0.1) is 6.10 Å². The van der Waals surface area contributed by atoms with Gasteiger partial charge in [0, 0.05) is 19.1 Å². The molecule has 0 aromatic heterocycles. The van der Waals surface area contributed by atoms with Crippen LogP contribution in [0.4, 0.5) is 4.79 Å². The van der Waals surface area contributed by atoms with Crippen LogP contribution in [0.3, 0.4) is 0 Å². The molecular weight excluding hydrogens is 192 g/mol. The van der Waals surface area contributed by atoms with Crippen molar-refractivity contribution in [3.8, 4) is 0 Å². The van der Waals surface area contributed by atoms with Crippen molar-refractivity contribution >= 4 is 6.09 Å². The molecule has 0 saturated carbocycles. The summed E-state index contributed by atoms with van der Waals surface area (Å²) in [6.45, 7) is 7.27. The van der Waals surface area contributed by atoms with Crippen molar-refractivity contribution in [1.29, 1.82) is 0 Å². The van der Waals surface area contributed by atoms with Gasteiger partial charge in [-0.3, -0.25) is 0 Å². The Balaban J connectivity index is 2.45. The van der Waals surface area contributed by atoms with Gasteiger partial charge in [-0.15, -0.1) is 0 Å². The van der Waals surface area contributed by atoms with Gasteiger partial charge in [0.1, 0.15) is 0 Å². The van der Waals surface area contributed by atoms with E-state index in [-0.39, 0.29) is 18.2 Å². The molecule has 4 nitrogen and oxygen atoms in total. The third-order valence-corrected chi connectivity index (χ3v) is 2.80. The predicted molar refractivity (Wildman–Crippen MR) is 59.6 cm³/mol. The molecule has 1 aliphatic heterocycles. The molecule has 1 amide bonds. The summed E-state index contributed by atoms with van der Waals surface area (Å²) in [5.41, 5.74) is 5.85. The number of ether oxygens (including phenoxy) is 1. The van der Waals surface area contributed by atoms with Gasteiger partial charge in [-0.05, 0) is 39.5 Å². The molecular formula is C11H22N2O2. The second kappa shape index (κ2) is 5.35. The van der Waals surface area contributed by atoms with E-state index in [1.54, 1.807) is 4.90 Å². The summed E-state index contributed by atoms with van der Waals surface area (Å²) in [7, 11) is 0. The van der Waals surface area contributed by atoms with Crippen LogP contribution in [0, 0.1) is 5.92 Å². The lowest BCUT2D eigenvalue weighted by Crippen LogP contribution is -2.45. The van der Waals surface area contributed by atoms with Crippen LogP contribution in [0.5, 0.6) is 0 Å². The van der Waals surface area contributed by atoms with Crippen molar-refractivity contribution in [3.63, 3.8) is 0 Å². The maximum atomic E-state index is 11.6. The summed E-state index contributed by atoms with van der Waals surface area (Å²) < 4.78 is 5.16. The first-order valence-electron chi connectivity index (χ1n) is 5.72. The SMILES string of the molecule is CC(C)OC(=O)N1CCCC(C(C)N)C1. The van der Waals surface area contributed by atoms with Gasteiger partial charge in [0.15, 0.2) is 0 Å². The van der Waals surface area contributed by atoms with Crippen LogP contribution in [0.15, 0.2) is 0 Å². The van der Waals surface area contributed by atoms with Crippen molar-refractivity contribution in [3.05, 3.63) is 0 Å². The maximum Gasteiger partial charge on any atom is 0.410 e. The first-order chi connectivity index (χ1) is 7.00. The number of carbonyl (C=O) groups is 1. The average Bonchev–Trinajstić information content (AvgIpc) is 2.17. The zero-order chi connectivity index (χ0) is 11.4. The van der Waals surface area contributed by atoms with E-state index in [0.29, 0.717) is 5.92 Å².